The van der Waals surface area contributed by atoms with Gasteiger partial charge in [0.2, 0.25) is 0 Å². The monoisotopic (exact) mass is 271 g/mol. The van der Waals surface area contributed by atoms with E-state index < -0.39 is 0 Å². The molecule has 0 saturated heterocycles. The first-order valence-electron chi connectivity index (χ1n) is 6.55. The van der Waals surface area contributed by atoms with Crippen LogP contribution in [0.25, 0.3) is 0 Å². The zero-order chi connectivity index (χ0) is 13.9. The Bertz CT molecular complexity index is 614. The molecule has 0 N–H and O–H groups in total. The molecule has 0 atom stereocenters. The van der Waals surface area contributed by atoms with Gasteiger partial charge in [-0.15, -0.1) is 0 Å². The van der Waals surface area contributed by atoms with Crippen LogP contribution in [0.15, 0.2) is 42.9 Å². The Balaban J connectivity index is 1.81. The second kappa shape index (κ2) is 5.36. The van der Waals surface area contributed by atoms with Crippen molar-refractivity contribution in [3.8, 4) is 0 Å². The summed E-state index contributed by atoms with van der Waals surface area (Å²) in [7, 11) is 0. The fraction of sp³-hybridized carbons (Fsp3) is 0.267. The maximum absolute atomic E-state index is 13.2. The fourth-order valence-electron chi connectivity index (χ4n) is 2.14. The van der Waals surface area contributed by atoms with Crippen molar-refractivity contribution in [3.63, 3.8) is 0 Å². The number of carbonyl (C=O) groups excluding carboxylic acids is 1. The molecular formula is C15H14FN3O. The summed E-state index contributed by atoms with van der Waals surface area (Å²) >= 11 is 0. The Morgan fingerprint density at radius 1 is 1.35 bits per heavy atom. The Morgan fingerprint density at radius 3 is 2.85 bits per heavy atom. The minimum Gasteiger partial charge on any atom is -0.330 e. The zero-order valence-electron chi connectivity index (χ0n) is 10.9. The highest BCUT2D eigenvalue weighted by Gasteiger charge is 2.33. The lowest BCUT2D eigenvalue weighted by Gasteiger charge is -2.22. The molecule has 1 saturated carbocycles. The SMILES string of the molecule is O=C(c1cnccn1)N(Cc1cccc(F)c1)C1CC1. The van der Waals surface area contributed by atoms with E-state index in [0.29, 0.717) is 12.2 Å². The quantitative estimate of drug-likeness (QED) is 0.858. The molecule has 0 spiro atoms. The Hall–Kier alpha value is -2.30. The van der Waals surface area contributed by atoms with Crippen LogP contribution < -0.4 is 0 Å². The number of aromatic nitrogens is 2. The highest BCUT2D eigenvalue weighted by Crippen LogP contribution is 2.29. The predicted octanol–water partition coefficient (Wildman–Crippen LogP) is 2.42. The van der Waals surface area contributed by atoms with Crippen molar-refractivity contribution in [2.45, 2.75) is 25.4 Å². The third-order valence-electron chi connectivity index (χ3n) is 3.27. The number of benzene rings is 1. The summed E-state index contributed by atoms with van der Waals surface area (Å²) < 4.78 is 13.2. The largest absolute Gasteiger partial charge is 0.330 e. The predicted molar refractivity (Wildman–Crippen MR) is 71.3 cm³/mol. The highest BCUT2D eigenvalue weighted by atomic mass is 19.1. The first kappa shape index (κ1) is 12.7. The number of hydrogen-bond donors (Lipinski definition) is 0. The van der Waals surface area contributed by atoms with Crippen LogP contribution in [0.3, 0.4) is 0 Å². The van der Waals surface area contributed by atoms with Crippen molar-refractivity contribution < 1.29 is 9.18 Å². The Morgan fingerprint density at radius 2 is 2.20 bits per heavy atom. The van der Waals surface area contributed by atoms with Crippen LogP contribution in [0, 0.1) is 5.82 Å². The van der Waals surface area contributed by atoms with E-state index in [2.05, 4.69) is 9.97 Å². The van der Waals surface area contributed by atoms with Gasteiger partial charge in [-0.1, -0.05) is 12.1 Å². The lowest BCUT2D eigenvalue weighted by molar-refractivity contribution is 0.0723. The van der Waals surface area contributed by atoms with Crippen LogP contribution in [-0.2, 0) is 6.54 Å². The van der Waals surface area contributed by atoms with Gasteiger partial charge in [-0.3, -0.25) is 9.78 Å². The molecule has 5 heteroatoms. The Labute approximate surface area is 116 Å². The number of halogens is 1. The van der Waals surface area contributed by atoms with Crippen LogP contribution in [-0.4, -0.2) is 26.8 Å². The number of amides is 1. The minimum atomic E-state index is -0.287. The van der Waals surface area contributed by atoms with Crippen LogP contribution in [0.5, 0.6) is 0 Å². The molecule has 1 heterocycles. The molecule has 1 amide bonds. The maximum Gasteiger partial charge on any atom is 0.274 e. The van der Waals surface area contributed by atoms with Gasteiger partial charge in [0.1, 0.15) is 11.5 Å². The van der Waals surface area contributed by atoms with Crippen molar-refractivity contribution >= 4 is 5.91 Å². The van der Waals surface area contributed by atoms with E-state index in [1.54, 1.807) is 11.0 Å². The van der Waals surface area contributed by atoms with Crippen molar-refractivity contribution in [1.82, 2.24) is 14.9 Å². The molecule has 0 unspecified atom stereocenters. The molecule has 1 aromatic heterocycles. The summed E-state index contributed by atoms with van der Waals surface area (Å²) in [6.45, 7) is 0.401. The van der Waals surface area contributed by atoms with E-state index in [4.69, 9.17) is 0 Å². The standard InChI is InChI=1S/C15H14FN3O/c16-12-3-1-2-11(8-12)10-19(13-4-5-13)15(20)14-9-17-6-7-18-14/h1-3,6-9,13H,4-5,10H2. The third-order valence-corrected chi connectivity index (χ3v) is 3.27. The number of carbonyl (C=O) groups is 1. The van der Waals surface area contributed by atoms with Crippen molar-refractivity contribution in [2.75, 3.05) is 0 Å². The molecule has 0 radical (unpaired) electrons. The van der Waals surface area contributed by atoms with Crippen LogP contribution in [0.2, 0.25) is 0 Å². The summed E-state index contributed by atoms with van der Waals surface area (Å²) in [5.41, 5.74) is 1.12. The molecule has 1 aliphatic carbocycles. The summed E-state index contributed by atoms with van der Waals surface area (Å²) in [6, 6.07) is 6.56. The van der Waals surface area contributed by atoms with E-state index >= 15 is 0 Å². The van der Waals surface area contributed by atoms with Crippen LogP contribution in [0.1, 0.15) is 28.9 Å². The fourth-order valence-corrected chi connectivity index (χ4v) is 2.14. The molecule has 0 bridgehead atoms. The summed E-state index contributed by atoms with van der Waals surface area (Å²) in [5.74, 6) is -0.435. The molecular weight excluding hydrogens is 257 g/mol. The average Bonchev–Trinajstić information content (AvgIpc) is 3.30. The molecule has 2 aromatic rings. The molecule has 20 heavy (non-hydrogen) atoms. The molecule has 1 aliphatic rings. The molecule has 102 valence electrons. The summed E-state index contributed by atoms with van der Waals surface area (Å²) in [4.78, 5) is 22.2. The maximum atomic E-state index is 13.2. The van der Waals surface area contributed by atoms with Gasteiger partial charge in [-0.25, -0.2) is 9.37 Å². The zero-order valence-corrected chi connectivity index (χ0v) is 10.9. The van der Waals surface area contributed by atoms with Crippen LogP contribution >= 0.6 is 0 Å². The Kier molecular flexibility index (Phi) is 3.41. The lowest BCUT2D eigenvalue weighted by Crippen LogP contribution is -2.33. The lowest BCUT2D eigenvalue weighted by atomic mass is 10.2. The van der Waals surface area contributed by atoms with E-state index in [1.165, 1.54) is 30.7 Å². The van der Waals surface area contributed by atoms with Crippen molar-refractivity contribution in [1.29, 1.82) is 0 Å². The van der Waals surface area contributed by atoms with Crippen molar-refractivity contribution in [2.24, 2.45) is 0 Å². The third kappa shape index (κ3) is 2.82. The summed E-state index contributed by atoms with van der Waals surface area (Å²) in [6.07, 6.45) is 6.47. The molecule has 3 rings (SSSR count). The minimum absolute atomic E-state index is 0.148. The number of nitrogens with zero attached hydrogens (tertiary/aromatic N) is 3. The molecule has 1 fully saturated rings. The molecule has 4 nitrogen and oxygen atoms in total. The topological polar surface area (TPSA) is 46.1 Å². The van der Waals surface area contributed by atoms with E-state index in [1.807, 2.05) is 6.07 Å². The van der Waals surface area contributed by atoms with Gasteiger partial charge in [-0.2, -0.15) is 0 Å². The smallest absolute Gasteiger partial charge is 0.274 e. The van der Waals surface area contributed by atoms with Crippen LogP contribution in [0.4, 0.5) is 4.39 Å². The van der Waals surface area contributed by atoms with Gasteiger partial charge >= 0.3 is 0 Å². The normalized spacial score (nSPS) is 14.1. The van der Waals surface area contributed by atoms with Gasteiger partial charge in [0, 0.05) is 25.0 Å². The first-order chi connectivity index (χ1) is 9.74. The second-order valence-corrected chi connectivity index (χ2v) is 4.88. The summed E-state index contributed by atoms with van der Waals surface area (Å²) in [5, 5.41) is 0. The second-order valence-electron chi connectivity index (χ2n) is 4.88. The number of rotatable bonds is 4. The number of hydrogen-bond acceptors (Lipinski definition) is 3. The molecule has 0 aliphatic heterocycles. The van der Waals surface area contributed by atoms with Gasteiger partial charge in [0.05, 0.1) is 6.20 Å². The first-order valence-corrected chi connectivity index (χ1v) is 6.55. The van der Waals surface area contributed by atoms with Gasteiger partial charge < -0.3 is 4.90 Å². The van der Waals surface area contributed by atoms with E-state index in [0.717, 1.165) is 18.4 Å². The van der Waals surface area contributed by atoms with Gasteiger partial charge in [0.25, 0.3) is 5.91 Å². The highest BCUT2D eigenvalue weighted by molar-refractivity contribution is 5.92. The van der Waals surface area contributed by atoms with E-state index in [9.17, 15) is 9.18 Å². The van der Waals surface area contributed by atoms with E-state index in [-0.39, 0.29) is 17.8 Å². The van der Waals surface area contributed by atoms with Crippen molar-refractivity contribution in [3.05, 3.63) is 59.9 Å². The molecule has 1 aromatic carbocycles. The van der Waals surface area contributed by atoms with Gasteiger partial charge in [0.15, 0.2) is 0 Å². The van der Waals surface area contributed by atoms with Gasteiger partial charge in [-0.05, 0) is 30.5 Å². The average molecular weight is 271 g/mol.